The molecule has 1 spiro atoms. The lowest BCUT2D eigenvalue weighted by Crippen LogP contribution is -2.40. The third-order valence-corrected chi connectivity index (χ3v) is 5.60. The van der Waals surface area contributed by atoms with Crippen molar-refractivity contribution in [2.75, 3.05) is 12.8 Å². The molecule has 1 N–H and O–H groups in total. The van der Waals surface area contributed by atoms with Gasteiger partial charge >= 0.3 is 0 Å². The van der Waals surface area contributed by atoms with Crippen LogP contribution in [0.5, 0.6) is 0 Å². The Morgan fingerprint density at radius 2 is 2.00 bits per heavy atom. The van der Waals surface area contributed by atoms with Crippen molar-refractivity contribution in [2.45, 2.75) is 43.1 Å². The minimum atomic E-state index is -0.255. The summed E-state index contributed by atoms with van der Waals surface area (Å²) in [7, 11) is 0. The first kappa shape index (κ1) is 14.0. The molecule has 2 fully saturated rings. The summed E-state index contributed by atoms with van der Waals surface area (Å²) < 4.78 is 0.0742. The van der Waals surface area contributed by atoms with Crippen LogP contribution in [-0.2, 0) is 4.79 Å². The molecular formula is C16H22N2OS. The quantitative estimate of drug-likeness (QED) is 0.925. The van der Waals surface area contributed by atoms with Gasteiger partial charge in [-0.05, 0) is 38.5 Å². The van der Waals surface area contributed by atoms with E-state index < -0.39 is 0 Å². The predicted octanol–water partition coefficient (Wildman–Crippen LogP) is 2.79. The Labute approximate surface area is 125 Å². The Hall–Kier alpha value is -1.00. The maximum absolute atomic E-state index is 12.7. The summed E-state index contributed by atoms with van der Waals surface area (Å²) in [6.07, 6.45) is 4.09. The zero-order valence-electron chi connectivity index (χ0n) is 12.3. The van der Waals surface area contributed by atoms with E-state index in [1.165, 1.54) is 5.56 Å². The molecule has 1 atom stereocenters. The monoisotopic (exact) mass is 290 g/mol. The summed E-state index contributed by atoms with van der Waals surface area (Å²) >= 11 is 1.81. The van der Waals surface area contributed by atoms with Gasteiger partial charge in [-0.1, -0.05) is 30.3 Å². The van der Waals surface area contributed by atoms with Gasteiger partial charge < -0.3 is 4.90 Å². The molecule has 1 aromatic carbocycles. The molecule has 0 bridgehead atoms. The normalized spacial score (nSPS) is 24.4. The van der Waals surface area contributed by atoms with Crippen LogP contribution in [0.25, 0.3) is 0 Å². The number of hydrogen-bond donors (Lipinski definition) is 1. The van der Waals surface area contributed by atoms with E-state index in [1.54, 1.807) is 0 Å². The maximum atomic E-state index is 12.7. The molecule has 20 heavy (non-hydrogen) atoms. The molecule has 1 amide bonds. The third-order valence-electron chi connectivity index (χ3n) is 4.36. The van der Waals surface area contributed by atoms with Gasteiger partial charge in [0.05, 0.1) is 0 Å². The molecule has 1 aliphatic carbocycles. The average Bonchev–Trinajstić information content (AvgIpc) is 3.19. The first-order valence-electron chi connectivity index (χ1n) is 7.16. The molecule has 1 heterocycles. The van der Waals surface area contributed by atoms with Crippen LogP contribution in [0.15, 0.2) is 30.3 Å². The minimum Gasteiger partial charge on any atom is -0.320 e. The maximum Gasteiger partial charge on any atom is 0.244 e. The Morgan fingerprint density at radius 3 is 2.55 bits per heavy atom. The van der Waals surface area contributed by atoms with Crippen LogP contribution in [-0.4, -0.2) is 33.9 Å². The van der Waals surface area contributed by atoms with Crippen molar-refractivity contribution in [1.82, 2.24) is 10.2 Å². The van der Waals surface area contributed by atoms with Crippen LogP contribution in [0.1, 0.15) is 38.4 Å². The molecule has 1 saturated heterocycles. The molecule has 1 saturated carbocycles. The standard InChI is InChI=1S/C16H22N2OS/c1-15(2,20-3)11-18-13(12-7-5-4-6-8-12)17-16(9-10-16)14(18)19/h4-8,13,17H,9-11H2,1-3H3. The van der Waals surface area contributed by atoms with Crippen molar-refractivity contribution in [1.29, 1.82) is 0 Å². The Morgan fingerprint density at radius 1 is 1.35 bits per heavy atom. The van der Waals surface area contributed by atoms with Gasteiger partial charge in [0, 0.05) is 11.3 Å². The number of rotatable bonds is 4. The Bertz CT molecular complexity index is 510. The highest BCUT2D eigenvalue weighted by atomic mass is 32.2. The van der Waals surface area contributed by atoms with Crippen molar-refractivity contribution in [3.63, 3.8) is 0 Å². The molecule has 1 aliphatic heterocycles. The van der Waals surface area contributed by atoms with Crippen molar-refractivity contribution < 1.29 is 4.79 Å². The van der Waals surface area contributed by atoms with E-state index in [-0.39, 0.29) is 22.4 Å². The highest BCUT2D eigenvalue weighted by Gasteiger charge is 2.59. The highest BCUT2D eigenvalue weighted by molar-refractivity contribution is 7.99. The highest BCUT2D eigenvalue weighted by Crippen LogP contribution is 2.46. The van der Waals surface area contributed by atoms with E-state index in [4.69, 9.17) is 0 Å². The fourth-order valence-electron chi connectivity index (χ4n) is 2.81. The van der Waals surface area contributed by atoms with E-state index in [0.29, 0.717) is 0 Å². The second-order valence-electron chi connectivity index (χ2n) is 6.44. The van der Waals surface area contributed by atoms with Crippen LogP contribution < -0.4 is 5.32 Å². The number of benzene rings is 1. The van der Waals surface area contributed by atoms with Gasteiger partial charge in [-0.3, -0.25) is 10.1 Å². The molecule has 4 heteroatoms. The molecule has 2 aliphatic rings. The largest absolute Gasteiger partial charge is 0.320 e. The van der Waals surface area contributed by atoms with Gasteiger partial charge in [0.2, 0.25) is 5.91 Å². The average molecular weight is 290 g/mol. The second kappa shape index (κ2) is 4.78. The SMILES string of the molecule is CSC(C)(C)CN1C(=O)C2(CC2)NC1c1ccccc1. The molecule has 108 valence electrons. The zero-order valence-corrected chi connectivity index (χ0v) is 13.2. The number of amides is 1. The lowest BCUT2D eigenvalue weighted by molar-refractivity contribution is -0.131. The second-order valence-corrected chi connectivity index (χ2v) is 7.95. The summed E-state index contributed by atoms with van der Waals surface area (Å²) in [5.74, 6) is 0.286. The molecule has 3 nitrogen and oxygen atoms in total. The molecule has 3 rings (SSSR count). The van der Waals surface area contributed by atoms with E-state index in [2.05, 4.69) is 37.6 Å². The Balaban J connectivity index is 1.89. The lowest BCUT2D eigenvalue weighted by Gasteiger charge is -2.32. The number of hydrogen-bond acceptors (Lipinski definition) is 3. The number of nitrogens with zero attached hydrogens (tertiary/aromatic N) is 1. The van der Waals surface area contributed by atoms with Crippen molar-refractivity contribution in [3.8, 4) is 0 Å². The van der Waals surface area contributed by atoms with Crippen LogP contribution in [0.3, 0.4) is 0 Å². The van der Waals surface area contributed by atoms with Gasteiger partial charge in [0.15, 0.2) is 0 Å². The first-order valence-corrected chi connectivity index (χ1v) is 8.39. The van der Waals surface area contributed by atoms with E-state index in [1.807, 2.05) is 34.9 Å². The van der Waals surface area contributed by atoms with Gasteiger partial charge in [0.1, 0.15) is 11.7 Å². The number of nitrogens with one attached hydrogen (secondary N) is 1. The molecule has 1 aromatic rings. The van der Waals surface area contributed by atoms with Crippen LogP contribution in [0.2, 0.25) is 0 Å². The molecular weight excluding hydrogens is 268 g/mol. The predicted molar refractivity (Wildman–Crippen MR) is 83.6 cm³/mol. The number of thioether (sulfide) groups is 1. The van der Waals surface area contributed by atoms with Gasteiger partial charge in [-0.25, -0.2) is 0 Å². The van der Waals surface area contributed by atoms with Gasteiger partial charge in [-0.2, -0.15) is 11.8 Å². The summed E-state index contributed by atoms with van der Waals surface area (Å²) in [6, 6.07) is 10.3. The van der Waals surface area contributed by atoms with Crippen LogP contribution >= 0.6 is 11.8 Å². The molecule has 1 unspecified atom stereocenters. The smallest absolute Gasteiger partial charge is 0.244 e. The van der Waals surface area contributed by atoms with E-state index >= 15 is 0 Å². The van der Waals surface area contributed by atoms with Gasteiger partial charge in [-0.15, -0.1) is 0 Å². The van der Waals surface area contributed by atoms with Crippen molar-refractivity contribution in [3.05, 3.63) is 35.9 Å². The van der Waals surface area contributed by atoms with Crippen molar-refractivity contribution in [2.24, 2.45) is 0 Å². The lowest BCUT2D eigenvalue weighted by atomic mass is 10.1. The summed E-state index contributed by atoms with van der Waals surface area (Å²) in [4.78, 5) is 14.8. The molecule has 0 radical (unpaired) electrons. The van der Waals surface area contributed by atoms with E-state index in [9.17, 15) is 4.79 Å². The fourth-order valence-corrected chi connectivity index (χ4v) is 3.08. The van der Waals surface area contributed by atoms with Crippen LogP contribution in [0, 0.1) is 0 Å². The van der Waals surface area contributed by atoms with Crippen molar-refractivity contribution >= 4 is 17.7 Å². The van der Waals surface area contributed by atoms with Crippen LogP contribution in [0.4, 0.5) is 0 Å². The Kier molecular flexibility index (Phi) is 3.33. The summed E-state index contributed by atoms with van der Waals surface area (Å²) in [5, 5.41) is 3.57. The zero-order chi connectivity index (χ0) is 14.4. The first-order chi connectivity index (χ1) is 9.47. The fraction of sp³-hybridized carbons (Fsp3) is 0.562. The van der Waals surface area contributed by atoms with Gasteiger partial charge in [0.25, 0.3) is 0 Å². The molecule has 0 aromatic heterocycles. The summed E-state index contributed by atoms with van der Waals surface area (Å²) in [5.41, 5.74) is 0.927. The number of carbonyl (C=O) groups excluding carboxylic acids is 1. The van der Waals surface area contributed by atoms with E-state index in [0.717, 1.165) is 19.4 Å². The summed E-state index contributed by atoms with van der Waals surface area (Å²) in [6.45, 7) is 5.18. The topological polar surface area (TPSA) is 32.3 Å². The third kappa shape index (κ3) is 2.35. The number of carbonyl (C=O) groups is 1. The minimum absolute atomic E-state index is 0.0256.